The van der Waals surface area contributed by atoms with Crippen LogP contribution in [0.5, 0.6) is 0 Å². The van der Waals surface area contributed by atoms with Gasteiger partial charge in [-0.15, -0.1) is 11.3 Å². The second kappa shape index (κ2) is 9.68. The number of carbonyl (C=O) groups is 1. The molecular weight excluding hydrogens is 517 g/mol. The topological polar surface area (TPSA) is 132 Å². The van der Waals surface area contributed by atoms with Gasteiger partial charge in [-0.25, -0.2) is 14.4 Å². The van der Waals surface area contributed by atoms with Crippen LogP contribution >= 0.6 is 11.3 Å². The number of aliphatic hydroxyl groups is 1. The van der Waals surface area contributed by atoms with Crippen molar-refractivity contribution in [1.29, 1.82) is 0 Å². The first kappa shape index (κ1) is 24.8. The molecule has 196 valence electrons. The molecule has 0 spiro atoms. The van der Waals surface area contributed by atoms with Gasteiger partial charge in [-0.05, 0) is 54.8 Å². The molecule has 0 fully saturated rings. The van der Waals surface area contributed by atoms with Crippen molar-refractivity contribution in [2.45, 2.75) is 27.0 Å². The minimum Gasteiger partial charge on any atom is -0.374 e. The molecule has 6 aromatic rings. The van der Waals surface area contributed by atoms with Gasteiger partial charge in [-0.3, -0.25) is 14.9 Å². The van der Waals surface area contributed by atoms with Crippen molar-refractivity contribution in [3.8, 4) is 33.1 Å². The van der Waals surface area contributed by atoms with Crippen molar-refractivity contribution in [3.05, 3.63) is 65.7 Å². The summed E-state index contributed by atoms with van der Waals surface area (Å²) in [7, 11) is 0. The molecule has 4 N–H and O–H groups in total. The van der Waals surface area contributed by atoms with Crippen LogP contribution in [0.25, 0.3) is 55.2 Å². The number of Topliss-reactive ketones (excluding diaryl/α,β-unsaturated/α-hetero) is 1. The molecule has 6 rings (SSSR count). The van der Waals surface area contributed by atoms with Gasteiger partial charge in [0.15, 0.2) is 23.1 Å². The highest BCUT2D eigenvalue weighted by Gasteiger charge is 2.19. The number of nitrogens with one attached hydrogen (secondary N) is 3. The highest BCUT2D eigenvalue weighted by Crippen LogP contribution is 2.36. The number of aliphatic hydroxyl groups excluding tert-OH is 1. The summed E-state index contributed by atoms with van der Waals surface area (Å²) < 4.78 is 15.2. The van der Waals surface area contributed by atoms with E-state index in [2.05, 4.69) is 35.5 Å². The number of benzene rings is 1. The van der Waals surface area contributed by atoms with Gasteiger partial charge in [-0.2, -0.15) is 5.10 Å². The van der Waals surface area contributed by atoms with E-state index in [-0.39, 0.29) is 17.2 Å². The minimum absolute atomic E-state index is 0.00533. The molecule has 1 aromatic carbocycles. The molecule has 5 heterocycles. The van der Waals surface area contributed by atoms with Crippen molar-refractivity contribution in [1.82, 2.24) is 30.1 Å². The standard InChI is InChI=1S/C28H24FN7O2S/c1-13(2)28(38)32-17-8-16(11-30-12-17)15-9-19-23(20(29)10-15)35-36-25(19)27-33-24-18(6-7-31-26(24)34-27)22-5-4-21(39-22)14(3)37/h4-13,28,32,38H,1-3H3,(H,35,36)(H,31,33,34). The van der Waals surface area contributed by atoms with E-state index in [0.717, 1.165) is 10.4 Å². The number of hydrogen-bond acceptors (Lipinski definition) is 8. The van der Waals surface area contributed by atoms with Gasteiger partial charge in [0.05, 0.1) is 22.3 Å². The van der Waals surface area contributed by atoms with E-state index in [0.29, 0.717) is 49.8 Å². The third-order valence-electron chi connectivity index (χ3n) is 6.48. The lowest BCUT2D eigenvalue weighted by Gasteiger charge is -2.17. The third-order valence-corrected chi connectivity index (χ3v) is 7.70. The Morgan fingerprint density at radius 1 is 1.13 bits per heavy atom. The predicted octanol–water partition coefficient (Wildman–Crippen LogP) is 6.02. The number of hydrogen-bond donors (Lipinski definition) is 4. The lowest BCUT2D eigenvalue weighted by molar-refractivity contribution is 0.102. The lowest BCUT2D eigenvalue weighted by Crippen LogP contribution is -2.24. The number of imidazole rings is 1. The van der Waals surface area contributed by atoms with E-state index >= 15 is 4.39 Å². The fraction of sp³-hybridized carbons (Fsp3) is 0.179. The molecule has 0 saturated heterocycles. The van der Waals surface area contributed by atoms with Gasteiger partial charge in [-0.1, -0.05) is 13.8 Å². The highest BCUT2D eigenvalue weighted by molar-refractivity contribution is 7.17. The zero-order chi connectivity index (χ0) is 27.3. The van der Waals surface area contributed by atoms with E-state index in [1.165, 1.54) is 17.4 Å². The number of nitrogens with zero attached hydrogens (tertiary/aromatic N) is 4. The largest absolute Gasteiger partial charge is 0.374 e. The summed E-state index contributed by atoms with van der Waals surface area (Å²) in [6, 6.07) is 10.6. The van der Waals surface area contributed by atoms with E-state index in [9.17, 15) is 9.90 Å². The van der Waals surface area contributed by atoms with Gasteiger partial charge in [0.25, 0.3) is 0 Å². The summed E-state index contributed by atoms with van der Waals surface area (Å²) in [6.07, 6.45) is 4.18. The van der Waals surface area contributed by atoms with Crippen molar-refractivity contribution in [3.63, 3.8) is 0 Å². The molecule has 9 nitrogen and oxygen atoms in total. The Bertz CT molecular complexity index is 1860. The summed E-state index contributed by atoms with van der Waals surface area (Å²) in [4.78, 5) is 30.0. The van der Waals surface area contributed by atoms with Crippen LogP contribution in [-0.4, -0.2) is 47.3 Å². The van der Waals surface area contributed by atoms with Crippen molar-refractivity contribution >= 4 is 44.9 Å². The van der Waals surface area contributed by atoms with Gasteiger partial charge in [0.1, 0.15) is 17.4 Å². The SMILES string of the molecule is CC(=O)c1ccc(-c2ccnc3nc(-c4[nH]nc5c(F)cc(-c6cncc(NC(O)C(C)C)c6)cc45)[nH]c23)s1. The molecule has 11 heteroatoms. The molecule has 5 aromatic heterocycles. The monoisotopic (exact) mass is 541 g/mol. The number of H-pyrrole nitrogens is 2. The predicted molar refractivity (Wildman–Crippen MR) is 150 cm³/mol. The summed E-state index contributed by atoms with van der Waals surface area (Å²) in [5.41, 5.74) is 4.67. The molecule has 0 radical (unpaired) electrons. The van der Waals surface area contributed by atoms with Gasteiger partial charge >= 0.3 is 0 Å². The first-order valence-corrected chi connectivity index (χ1v) is 13.1. The van der Waals surface area contributed by atoms with Gasteiger partial charge < -0.3 is 15.4 Å². The number of aromatic nitrogens is 6. The van der Waals surface area contributed by atoms with Crippen LogP contribution in [0.2, 0.25) is 0 Å². The maximum absolute atomic E-state index is 15.2. The fourth-order valence-corrected chi connectivity index (χ4v) is 5.28. The van der Waals surface area contributed by atoms with Crippen molar-refractivity contribution in [2.24, 2.45) is 5.92 Å². The number of carbonyl (C=O) groups excluding carboxylic acids is 1. The fourth-order valence-electron chi connectivity index (χ4n) is 4.34. The second-order valence-electron chi connectivity index (χ2n) is 9.61. The van der Waals surface area contributed by atoms with E-state index < -0.39 is 12.0 Å². The average Bonchev–Trinajstić information content (AvgIpc) is 3.66. The number of ketones is 1. The Morgan fingerprint density at radius 3 is 2.74 bits per heavy atom. The van der Waals surface area contributed by atoms with Crippen LogP contribution < -0.4 is 5.32 Å². The highest BCUT2D eigenvalue weighted by atomic mass is 32.1. The minimum atomic E-state index is -0.739. The molecule has 0 aliphatic carbocycles. The number of rotatable bonds is 7. The zero-order valence-electron chi connectivity index (χ0n) is 21.3. The first-order valence-electron chi connectivity index (χ1n) is 12.3. The Labute approximate surface area is 226 Å². The summed E-state index contributed by atoms with van der Waals surface area (Å²) in [5, 5.41) is 20.9. The Hall–Kier alpha value is -4.48. The van der Waals surface area contributed by atoms with Gasteiger partial charge in [0.2, 0.25) is 0 Å². The number of halogens is 1. The number of thiophene rings is 1. The second-order valence-corrected chi connectivity index (χ2v) is 10.7. The molecular formula is C28H24FN7O2S. The molecule has 0 bridgehead atoms. The number of fused-ring (bicyclic) bond motifs is 2. The maximum Gasteiger partial charge on any atom is 0.178 e. The number of aromatic amines is 2. The molecule has 1 unspecified atom stereocenters. The molecule has 39 heavy (non-hydrogen) atoms. The van der Waals surface area contributed by atoms with Crippen LogP contribution in [-0.2, 0) is 0 Å². The maximum atomic E-state index is 15.2. The van der Waals surface area contributed by atoms with E-state index in [4.69, 9.17) is 0 Å². The quantitative estimate of drug-likeness (QED) is 0.143. The summed E-state index contributed by atoms with van der Waals surface area (Å²) >= 11 is 1.40. The van der Waals surface area contributed by atoms with Crippen LogP contribution in [0.3, 0.4) is 0 Å². The molecule has 0 aliphatic heterocycles. The van der Waals surface area contributed by atoms with Crippen molar-refractivity contribution in [2.75, 3.05) is 5.32 Å². The van der Waals surface area contributed by atoms with Crippen molar-refractivity contribution < 1.29 is 14.3 Å². The van der Waals surface area contributed by atoms with Crippen LogP contribution in [0.1, 0.15) is 30.4 Å². The van der Waals surface area contributed by atoms with Crippen LogP contribution in [0, 0.1) is 11.7 Å². The summed E-state index contributed by atoms with van der Waals surface area (Å²) in [5.74, 6) is -0.0150. The number of pyridine rings is 2. The Kier molecular flexibility index (Phi) is 6.16. The lowest BCUT2D eigenvalue weighted by atomic mass is 10.0. The average molecular weight is 542 g/mol. The van der Waals surface area contributed by atoms with Crippen LogP contribution in [0.15, 0.2) is 55.0 Å². The Morgan fingerprint density at radius 2 is 1.97 bits per heavy atom. The molecule has 0 amide bonds. The van der Waals surface area contributed by atoms with Gasteiger partial charge in [0, 0.05) is 33.8 Å². The molecule has 1 atom stereocenters. The number of anilines is 1. The Balaban J connectivity index is 1.43. The van der Waals surface area contributed by atoms with Crippen LogP contribution in [0.4, 0.5) is 10.1 Å². The smallest absolute Gasteiger partial charge is 0.178 e. The molecule has 0 aliphatic rings. The first-order chi connectivity index (χ1) is 18.8. The third kappa shape index (κ3) is 4.55. The summed E-state index contributed by atoms with van der Waals surface area (Å²) in [6.45, 7) is 5.35. The van der Waals surface area contributed by atoms with E-state index in [1.54, 1.807) is 25.5 Å². The molecule has 0 saturated carbocycles. The van der Waals surface area contributed by atoms with E-state index in [1.807, 2.05) is 44.2 Å². The normalized spacial score (nSPS) is 12.5. The zero-order valence-corrected chi connectivity index (χ0v) is 22.1.